The van der Waals surface area contributed by atoms with Crippen molar-refractivity contribution in [3.8, 4) is 17.2 Å². The highest BCUT2D eigenvalue weighted by Gasteiger charge is 2.26. The lowest BCUT2D eigenvalue weighted by Gasteiger charge is -2.19. The minimum Gasteiger partial charge on any atom is -0.495 e. The number of hydrogen-bond acceptors (Lipinski definition) is 5. The van der Waals surface area contributed by atoms with Crippen molar-refractivity contribution in [1.82, 2.24) is 4.31 Å². The average Bonchev–Trinajstić information content (AvgIpc) is 2.63. The molecule has 0 aromatic heterocycles. The zero-order chi connectivity index (χ0) is 19.5. The summed E-state index contributed by atoms with van der Waals surface area (Å²) in [7, 11) is 2.07. The highest BCUT2D eigenvalue weighted by atomic mass is 35.5. The molecule has 6 nitrogen and oxygen atoms in total. The van der Waals surface area contributed by atoms with Crippen molar-refractivity contribution in [1.29, 1.82) is 0 Å². The van der Waals surface area contributed by atoms with E-state index in [9.17, 15) is 8.42 Å². The van der Waals surface area contributed by atoms with Crippen LogP contribution in [0, 0.1) is 0 Å². The Balaban J connectivity index is 2.34. The van der Waals surface area contributed by atoms with E-state index in [1.54, 1.807) is 18.2 Å². The molecular formula is C17H19Cl2NO5S. The SMILES string of the molecule is COc1ccc(CN(C)S(=O)(=O)c2ccc(OC)c(Cl)c2Cl)cc1OC. The first kappa shape index (κ1) is 20.6. The summed E-state index contributed by atoms with van der Waals surface area (Å²) in [6.07, 6.45) is 0. The van der Waals surface area contributed by atoms with Crippen molar-refractivity contribution in [2.45, 2.75) is 11.4 Å². The Morgan fingerprint density at radius 3 is 2.04 bits per heavy atom. The third-order valence-corrected chi connectivity index (χ3v) is 6.60. The Morgan fingerprint density at radius 1 is 0.885 bits per heavy atom. The standard InChI is InChI=1S/C17H19Cl2NO5S/c1-20(10-11-5-6-12(23-2)14(9-11)25-4)26(21,22)15-8-7-13(24-3)16(18)17(15)19/h5-9H,10H2,1-4H3. The number of nitrogens with zero attached hydrogens (tertiary/aromatic N) is 1. The molecule has 9 heteroatoms. The number of methoxy groups -OCH3 is 3. The van der Waals surface area contributed by atoms with Crippen LogP contribution in [0.5, 0.6) is 17.2 Å². The van der Waals surface area contributed by atoms with Gasteiger partial charge in [-0.2, -0.15) is 4.31 Å². The fourth-order valence-electron chi connectivity index (χ4n) is 2.36. The molecule has 2 rings (SSSR count). The summed E-state index contributed by atoms with van der Waals surface area (Å²) in [6, 6.07) is 8.02. The van der Waals surface area contributed by atoms with Crippen LogP contribution < -0.4 is 14.2 Å². The van der Waals surface area contributed by atoms with Gasteiger partial charge >= 0.3 is 0 Å². The van der Waals surface area contributed by atoms with E-state index in [2.05, 4.69) is 0 Å². The molecule has 0 radical (unpaired) electrons. The van der Waals surface area contributed by atoms with E-state index in [4.69, 9.17) is 37.4 Å². The molecule has 2 aromatic rings. The van der Waals surface area contributed by atoms with Gasteiger partial charge in [0.2, 0.25) is 10.0 Å². The van der Waals surface area contributed by atoms with E-state index in [0.717, 1.165) is 5.56 Å². The Hall–Kier alpha value is -1.67. The summed E-state index contributed by atoms with van der Waals surface area (Å²) in [5.41, 5.74) is 0.726. The molecule has 142 valence electrons. The summed E-state index contributed by atoms with van der Waals surface area (Å²) >= 11 is 12.2. The van der Waals surface area contributed by atoms with Gasteiger partial charge in [0.05, 0.1) is 26.4 Å². The molecule has 0 atom stereocenters. The van der Waals surface area contributed by atoms with Crippen molar-refractivity contribution in [3.63, 3.8) is 0 Å². The van der Waals surface area contributed by atoms with E-state index in [1.807, 2.05) is 0 Å². The second kappa shape index (κ2) is 8.35. The molecule has 0 amide bonds. The molecule has 0 aliphatic carbocycles. The molecule has 0 aliphatic heterocycles. The van der Waals surface area contributed by atoms with E-state index < -0.39 is 10.0 Å². The van der Waals surface area contributed by atoms with Gasteiger partial charge in [-0.05, 0) is 29.8 Å². The van der Waals surface area contributed by atoms with E-state index in [1.165, 1.54) is 44.8 Å². The molecule has 0 bridgehead atoms. The second-order valence-corrected chi connectivity index (χ2v) is 8.11. The van der Waals surface area contributed by atoms with Crippen LogP contribution in [-0.2, 0) is 16.6 Å². The lowest BCUT2D eigenvalue weighted by atomic mass is 10.2. The van der Waals surface area contributed by atoms with E-state index >= 15 is 0 Å². The Labute approximate surface area is 163 Å². The number of hydrogen-bond donors (Lipinski definition) is 0. The smallest absolute Gasteiger partial charge is 0.244 e. The molecule has 0 unspecified atom stereocenters. The maximum Gasteiger partial charge on any atom is 0.244 e. The largest absolute Gasteiger partial charge is 0.495 e. The number of sulfonamides is 1. The molecular weight excluding hydrogens is 401 g/mol. The lowest BCUT2D eigenvalue weighted by Crippen LogP contribution is -2.26. The Morgan fingerprint density at radius 2 is 1.46 bits per heavy atom. The Bertz CT molecular complexity index is 902. The molecule has 0 N–H and O–H groups in total. The van der Waals surface area contributed by atoms with Gasteiger partial charge in [-0.3, -0.25) is 0 Å². The van der Waals surface area contributed by atoms with Gasteiger partial charge < -0.3 is 14.2 Å². The van der Waals surface area contributed by atoms with Crippen molar-refractivity contribution in [3.05, 3.63) is 45.9 Å². The van der Waals surface area contributed by atoms with E-state index in [0.29, 0.717) is 17.2 Å². The lowest BCUT2D eigenvalue weighted by molar-refractivity contribution is 0.354. The summed E-state index contributed by atoms with van der Waals surface area (Å²) in [5.74, 6) is 1.38. The number of rotatable bonds is 7. The maximum atomic E-state index is 12.9. The van der Waals surface area contributed by atoms with Gasteiger partial charge in [0.25, 0.3) is 0 Å². The van der Waals surface area contributed by atoms with Crippen LogP contribution in [0.3, 0.4) is 0 Å². The summed E-state index contributed by atoms with van der Waals surface area (Å²) in [6.45, 7) is 0.114. The molecule has 0 saturated carbocycles. The van der Waals surface area contributed by atoms with Gasteiger partial charge in [-0.25, -0.2) is 8.42 Å². The molecule has 2 aromatic carbocycles. The predicted molar refractivity (Wildman–Crippen MR) is 101 cm³/mol. The molecule has 26 heavy (non-hydrogen) atoms. The number of halogens is 2. The van der Waals surface area contributed by atoms with Gasteiger partial charge in [-0.1, -0.05) is 29.3 Å². The van der Waals surface area contributed by atoms with Gasteiger partial charge in [0, 0.05) is 13.6 Å². The fourth-order valence-corrected chi connectivity index (χ4v) is 4.33. The fraction of sp³-hybridized carbons (Fsp3) is 0.294. The maximum absolute atomic E-state index is 12.9. The minimum atomic E-state index is -3.86. The van der Waals surface area contributed by atoms with Gasteiger partial charge in [0.1, 0.15) is 15.7 Å². The van der Waals surface area contributed by atoms with Crippen molar-refractivity contribution < 1.29 is 22.6 Å². The third kappa shape index (κ3) is 4.01. The van der Waals surface area contributed by atoms with Crippen molar-refractivity contribution >= 4 is 33.2 Å². The minimum absolute atomic E-state index is 0.0507. The highest BCUT2D eigenvalue weighted by Crippen LogP contribution is 2.38. The molecule has 0 spiro atoms. The average molecular weight is 420 g/mol. The molecule has 0 saturated heterocycles. The molecule has 0 heterocycles. The van der Waals surface area contributed by atoms with Gasteiger partial charge in [-0.15, -0.1) is 0 Å². The monoisotopic (exact) mass is 419 g/mol. The van der Waals surface area contributed by atoms with Crippen LogP contribution in [0.4, 0.5) is 0 Å². The predicted octanol–water partition coefficient (Wildman–Crippen LogP) is 3.84. The van der Waals surface area contributed by atoms with E-state index in [-0.39, 0.29) is 21.5 Å². The summed E-state index contributed by atoms with van der Waals surface area (Å²) in [4.78, 5) is -0.0899. The van der Waals surface area contributed by atoms with Crippen LogP contribution in [0.2, 0.25) is 10.0 Å². The Kier molecular flexibility index (Phi) is 6.63. The van der Waals surface area contributed by atoms with Crippen molar-refractivity contribution in [2.24, 2.45) is 0 Å². The first-order chi connectivity index (χ1) is 12.3. The number of benzene rings is 2. The third-order valence-electron chi connectivity index (χ3n) is 3.77. The van der Waals surface area contributed by atoms with Crippen LogP contribution in [0.15, 0.2) is 35.2 Å². The van der Waals surface area contributed by atoms with Gasteiger partial charge in [0.15, 0.2) is 11.5 Å². The number of ether oxygens (including phenoxy) is 3. The quantitative estimate of drug-likeness (QED) is 0.681. The first-order valence-corrected chi connectivity index (χ1v) is 9.65. The molecule has 0 aliphatic rings. The normalized spacial score (nSPS) is 11.5. The molecule has 0 fully saturated rings. The van der Waals surface area contributed by atoms with Crippen LogP contribution in [0.25, 0.3) is 0 Å². The van der Waals surface area contributed by atoms with Crippen LogP contribution >= 0.6 is 23.2 Å². The van der Waals surface area contributed by atoms with Crippen molar-refractivity contribution in [2.75, 3.05) is 28.4 Å². The van der Waals surface area contributed by atoms with Crippen LogP contribution in [-0.4, -0.2) is 41.1 Å². The topological polar surface area (TPSA) is 65.1 Å². The van der Waals surface area contributed by atoms with Crippen LogP contribution in [0.1, 0.15) is 5.56 Å². The summed E-state index contributed by atoms with van der Waals surface area (Å²) in [5, 5.41) is -0.0278. The second-order valence-electron chi connectivity index (χ2n) is 5.34. The highest BCUT2D eigenvalue weighted by molar-refractivity contribution is 7.89. The first-order valence-electron chi connectivity index (χ1n) is 7.45. The zero-order valence-electron chi connectivity index (χ0n) is 14.7. The summed E-state index contributed by atoms with van der Waals surface area (Å²) < 4.78 is 42.4. The zero-order valence-corrected chi connectivity index (χ0v) is 17.1.